The lowest BCUT2D eigenvalue weighted by Crippen LogP contribution is -2.27. The first-order valence-electron chi connectivity index (χ1n) is 10.6. The summed E-state index contributed by atoms with van der Waals surface area (Å²) < 4.78 is 2.10. The fraction of sp³-hybridized carbons (Fsp3) is 0.120. The smallest absolute Gasteiger partial charge is 0.253 e. The third-order valence-corrected chi connectivity index (χ3v) is 5.91. The molecule has 1 amide bonds. The number of hydrogen-bond donors (Lipinski definition) is 2. The van der Waals surface area contributed by atoms with Crippen LogP contribution < -0.4 is 5.32 Å². The van der Waals surface area contributed by atoms with Crippen LogP contribution in [0.15, 0.2) is 79.0 Å². The molecule has 2 heterocycles. The van der Waals surface area contributed by atoms with Crippen molar-refractivity contribution in [3.05, 3.63) is 101 Å². The fourth-order valence-corrected chi connectivity index (χ4v) is 4.05. The molecule has 1 atom stereocenters. The molecule has 0 spiro atoms. The van der Waals surface area contributed by atoms with E-state index in [0.717, 1.165) is 27.6 Å². The Morgan fingerprint density at radius 3 is 2.58 bits per heavy atom. The molecular weight excluding hydrogens is 436 g/mol. The van der Waals surface area contributed by atoms with Crippen molar-refractivity contribution >= 4 is 28.4 Å². The Morgan fingerprint density at radius 2 is 1.85 bits per heavy atom. The van der Waals surface area contributed by atoms with Crippen LogP contribution in [0.25, 0.3) is 22.3 Å². The quantitative estimate of drug-likeness (QED) is 0.375. The van der Waals surface area contributed by atoms with Gasteiger partial charge in [0.2, 0.25) is 5.82 Å². The van der Waals surface area contributed by atoms with Crippen molar-refractivity contribution in [3.63, 3.8) is 0 Å². The number of benzene rings is 3. The van der Waals surface area contributed by atoms with E-state index in [1.54, 1.807) is 0 Å². The maximum absolute atomic E-state index is 13.3. The van der Waals surface area contributed by atoms with E-state index >= 15 is 0 Å². The van der Waals surface area contributed by atoms with Crippen molar-refractivity contribution in [1.82, 2.24) is 30.5 Å². The summed E-state index contributed by atoms with van der Waals surface area (Å²) >= 11 is 6.02. The average Bonchev–Trinajstić information content (AvgIpc) is 3.51. The molecule has 7 nitrogen and oxygen atoms in total. The minimum absolute atomic E-state index is 0.119. The lowest BCUT2D eigenvalue weighted by Gasteiger charge is -2.16. The molecule has 3 aromatic carbocycles. The molecule has 0 unspecified atom stereocenters. The number of H-pyrrole nitrogens is 1. The summed E-state index contributed by atoms with van der Waals surface area (Å²) in [5.74, 6) is 0.415. The molecule has 8 heteroatoms. The van der Waals surface area contributed by atoms with Crippen molar-refractivity contribution in [2.75, 3.05) is 0 Å². The Kier molecular flexibility index (Phi) is 5.62. The third kappa shape index (κ3) is 4.36. The van der Waals surface area contributed by atoms with Crippen molar-refractivity contribution in [2.45, 2.75) is 19.5 Å². The van der Waals surface area contributed by atoms with Gasteiger partial charge in [-0.15, -0.1) is 10.2 Å². The van der Waals surface area contributed by atoms with Gasteiger partial charge in [0, 0.05) is 28.7 Å². The van der Waals surface area contributed by atoms with Crippen LogP contribution in [0.1, 0.15) is 34.5 Å². The topological polar surface area (TPSA) is 88.5 Å². The van der Waals surface area contributed by atoms with Crippen molar-refractivity contribution < 1.29 is 4.79 Å². The first-order chi connectivity index (χ1) is 16.1. The molecule has 0 bridgehead atoms. The summed E-state index contributed by atoms with van der Waals surface area (Å²) in [6.45, 7) is 2.62. The Labute approximate surface area is 195 Å². The van der Waals surface area contributed by atoms with E-state index in [9.17, 15) is 4.79 Å². The predicted molar refractivity (Wildman–Crippen MR) is 128 cm³/mol. The zero-order valence-electron chi connectivity index (χ0n) is 17.9. The number of hydrogen-bond acceptors (Lipinski definition) is 4. The number of fused-ring (bicyclic) bond motifs is 1. The van der Waals surface area contributed by atoms with Gasteiger partial charge >= 0.3 is 0 Å². The number of tetrazole rings is 1. The Hall–Kier alpha value is -3.97. The highest BCUT2D eigenvalue weighted by Crippen LogP contribution is 2.24. The van der Waals surface area contributed by atoms with E-state index in [4.69, 9.17) is 11.6 Å². The monoisotopic (exact) mass is 456 g/mol. The summed E-state index contributed by atoms with van der Waals surface area (Å²) in [6, 6.07) is 23.1. The number of para-hydroxylation sites is 1. The van der Waals surface area contributed by atoms with Crippen molar-refractivity contribution in [2.24, 2.45) is 0 Å². The van der Waals surface area contributed by atoms with Crippen molar-refractivity contribution in [3.8, 4) is 11.4 Å². The molecule has 164 valence electrons. The van der Waals surface area contributed by atoms with Crippen LogP contribution in [-0.4, -0.2) is 31.1 Å². The van der Waals surface area contributed by atoms with Gasteiger partial charge in [-0.3, -0.25) is 4.79 Å². The third-order valence-electron chi connectivity index (χ3n) is 5.66. The van der Waals surface area contributed by atoms with E-state index in [-0.39, 0.29) is 11.9 Å². The number of carbonyl (C=O) groups excluding carboxylic acids is 1. The van der Waals surface area contributed by atoms with Crippen LogP contribution in [0.4, 0.5) is 0 Å². The maximum atomic E-state index is 13.3. The fourth-order valence-electron chi connectivity index (χ4n) is 3.93. The van der Waals surface area contributed by atoms with Crippen LogP contribution >= 0.6 is 11.6 Å². The van der Waals surface area contributed by atoms with Gasteiger partial charge in [0.25, 0.3) is 5.91 Å². The lowest BCUT2D eigenvalue weighted by atomic mass is 10.0. The average molecular weight is 457 g/mol. The van der Waals surface area contributed by atoms with Crippen LogP contribution in [0.5, 0.6) is 0 Å². The largest absolute Gasteiger partial charge is 0.345 e. The molecule has 0 aliphatic rings. The summed E-state index contributed by atoms with van der Waals surface area (Å²) in [6.07, 6.45) is 2.01. The highest BCUT2D eigenvalue weighted by atomic mass is 35.5. The minimum atomic E-state index is -0.174. The van der Waals surface area contributed by atoms with Crippen LogP contribution in [0.2, 0.25) is 5.02 Å². The maximum Gasteiger partial charge on any atom is 0.253 e. The van der Waals surface area contributed by atoms with E-state index in [1.807, 2.05) is 85.9 Å². The number of rotatable bonds is 6. The van der Waals surface area contributed by atoms with E-state index in [0.29, 0.717) is 23.0 Å². The Bertz CT molecular complexity index is 1390. The summed E-state index contributed by atoms with van der Waals surface area (Å²) in [4.78, 5) is 13.3. The second-order valence-electron chi connectivity index (χ2n) is 7.87. The number of nitrogens with zero attached hydrogens (tertiary/aromatic N) is 4. The van der Waals surface area contributed by atoms with Gasteiger partial charge in [0.1, 0.15) is 0 Å². The van der Waals surface area contributed by atoms with Gasteiger partial charge in [-0.05, 0) is 47.5 Å². The standard InChI is InChI=1S/C25H21ClN6O/c1-16(18-7-9-20(10-8-18)24-28-30-31-29-24)27-25(33)22-4-2-3-19-13-14-32(23(19)22)15-17-5-11-21(26)12-6-17/h2-14,16H,15H2,1H3,(H,27,33)(H,28,29,30,31)/t16-/m0/s1. The molecule has 5 aromatic rings. The van der Waals surface area contributed by atoms with E-state index in [1.165, 1.54) is 0 Å². The molecule has 0 saturated carbocycles. The molecule has 33 heavy (non-hydrogen) atoms. The number of amides is 1. The SMILES string of the molecule is C[C@H](NC(=O)c1cccc2ccn(Cc3ccc(Cl)cc3)c12)c1ccc(-c2nn[nH]n2)cc1. The first kappa shape index (κ1) is 20.9. The molecule has 0 saturated heterocycles. The Balaban J connectivity index is 1.38. The highest BCUT2D eigenvalue weighted by Gasteiger charge is 2.17. The predicted octanol–water partition coefficient (Wildman–Crippen LogP) is 5.01. The molecule has 0 radical (unpaired) electrons. The number of carbonyl (C=O) groups is 1. The molecule has 5 rings (SSSR count). The van der Waals surface area contributed by atoms with Crippen LogP contribution in [0, 0.1) is 0 Å². The van der Waals surface area contributed by atoms with Gasteiger partial charge < -0.3 is 9.88 Å². The minimum Gasteiger partial charge on any atom is -0.345 e. The molecule has 2 aromatic heterocycles. The van der Waals surface area contributed by atoms with Crippen LogP contribution in [0.3, 0.4) is 0 Å². The van der Waals surface area contributed by atoms with Gasteiger partial charge in [-0.1, -0.05) is 60.1 Å². The van der Waals surface area contributed by atoms with E-state index in [2.05, 4.69) is 30.5 Å². The lowest BCUT2D eigenvalue weighted by molar-refractivity contribution is 0.0941. The zero-order chi connectivity index (χ0) is 22.8. The number of aromatic nitrogens is 5. The van der Waals surface area contributed by atoms with Crippen molar-refractivity contribution in [1.29, 1.82) is 0 Å². The van der Waals surface area contributed by atoms with Gasteiger partial charge in [0.05, 0.1) is 17.1 Å². The summed E-state index contributed by atoms with van der Waals surface area (Å²) in [7, 11) is 0. The molecule has 2 N–H and O–H groups in total. The van der Waals surface area contributed by atoms with Gasteiger partial charge in [0.15, 0.2) is 0 Å². The van der Waals surface area contributed by atoms with E-state index < -0.39 is 0 Å². The van der Waals surface area contributed by atoms with Crippen LogP contribution in [-0.2, 0) is 6.54 Å². The second-order valence-corrected chi connectivity index (χ2v) is 8.30. The molecular formula is C25H21ClN6O. The summed E-state index contributed by atoms with van der Waals surface area (Å²) in [5.41, 5.74) is 4.50. The second kappa shape index (κ2) is 8.88. The first-order valence-corrected chi connectivity index (χ1v) is 10.9. The van der Waals surface area contributed by atoms with Gasteiger partial charge in [-0.2, -0.15) is 5.21 Å². The number of aromatic amines is 1. The highest BCUT2D eigenvalue weighted by molar-refractivity contribution is 6.30. The molecule has 0 fully saturated rings. The number of nitrogens with one attached hydrogen (secondary N) is 2. The summed E-state index contributed by atoms with van der Waals surface area (Å²) in [5, 5.41) is 18.9. The van der Waals surface area contributed by atoms with Gasteiger partial charge in [-0.25, -0.2) is 0 Å². The zero-order valence-corrected chi connectivity index (χ0v) is 18.6. The molecule has 0 aliphatic heterocycles. The Morgan fingerprint density at radius 1 is 1.06 bits per heavy atom. The number of halogens is 1. The normalized spacial score (nSPS) is 12.1. The molecule has 0 aliphatic carbocycles.